The molecule has 0 aromatic heterocycles. The van der Waals surface area contributed by atoms with Gasteiger partial charge in [-0.15, -0.1) is 0 Å². The first-order valence-electron chi connectivity index (χ1n) is 29.9. The normalized spacial score (nSPS) is 24.8. The van der Waals surface area contributed by atoms with Gasteiger partial charge in [-0.3, -0.25) is 9.59 Å². The van der Waals surface area contributed by atoms with Crippen molar-refractivity contribution < 1.29 is 73.8 Å². The molecule has 0 radical (unpaired) electrons. The van der Waals surface area contributed by atoms with Gasteiger partial charge >= 0.3 is 11.9 Å². The number of esters is 2. The van der Waals surface area contributed by atoms with Crippen LogP contribution in [0.1, 0.15) is 219 Å². The van der Waals surface area contributed by atoms with E-state index in [1.54, 1.807) is 0 Å². The summed E-state index contributed by atoms with van der Waals surface area (Å²) in [6.45, 7) is 2.51. The predicted octanol–water partition coefficient (Wildman–Crippen LogP) is 10.4. The van der Waals surface area contributed by atoms with Crippen molar-refractivity contribution in [1.29, 1.82) is 0 Å². The largest absolute Gasteiger partial charge is 0.462 e. The number of rotatable bonds is 47. The number of carbonyl (C=O) groups is 2. The maximum atomic E-state index is 13.1. The van der Waals surface area contributed by atoms with Crippen molar-refractivity contribution in [1.82, 2.24) is 0 Å². The van der Waals surface area contributed by atoms with Crippen LogP contribution in [0.3, 0.4) is 0 Å². The quantitative estimate of drug-likeness (QED) is 0.0171. The van der Waals surface area contributed by atoms with E-state index in [0.717, 1.165) is 38.5 Å². The maximum absolute atomic E-state index is 13.1. The molecule has 0 saturated carbocycles. The Morgan fingerprint density at radius 2 is 0.789 bits per heavy atom. The fraction of sp³-hybridized carbons (Fsp3) is 0.803. The topological polar surface area (TPSA) is 231 Å². The van der Waals surface area contributed by atoms with E-state index < -0.39 is 99.3 Å². The van der Waals surface area contributed by atoms with Crippen LogP contribution in [-0.2, 0) is 38.0 Å². The number of carbonyl (C=O) groups excluding carboxylic acids is 2. The first-order valence-corrected chi connectivity index (χ1v) is 29.9. The average molecular weight is 1080 g/mol. The lowest BCUT2D eigenvalue weighted by Gasteiger charge is -2.42. The van der Waals surface area contributed by atoms with Gasteiger partial charge in [0.1, 0.15) is 55.4 Å². The Morgan fingerprint density at radius 3 is 1.28 bits per heavy atom. The second-order valence-electron chi connectivity index (χ2n) is 20.8. The average Bonchev–Trinajstić information content (AvgIpc) is 3.42. The summed E-state index contributed by atoms with van der Waals surface area (Å²) in [4.78, 5) is 25.9. The number of hydrogen-bond donors (Lipinski definition) is 7. The highest BCUT2D eigenvalue weighted by atomic mass is 16.7. The predicted molar refractivity (Wildman–Crippen MR) is 298 cm³/mol. The standard InChI is InChI=1S/C61H106O15/c1-3-5-7-9-11-13-15-17-19-21-22-23-24-25-26-28-30-32-34-36-38-40-42-44-53(64)74-49(46-71-52(63)43-41-39-37-35-33-31-29-27-20-18-16-14-12-10-8-6-4-2)47-72-60-59(70)57(68)55(66)51(76-60)48-73-61-58(69)56(67)54(65)50(45-62)75-61/h12,14,18,20,29,31,35-38,49-51,54-62,65-70H,3-11,13,15-17,19,21-28,30,32-34,39-48H2,1-2H3/b14-12+,20-18+,31-29+,37-35+,38-36+/t49-,50+,51+,54-,55-,56?,57?,58?,59?,60+,61+/m1/s1. The molecular weight excluding hydrogens is 973 g/mol. The van der Waals surface area contributed by atoms with Crippen LogP contribution in [-0.4, -0.2) is 142 Å². The highest BCUT2D eigenvalue weighted by Crippen LogP contribution is 2.27. The third-order valence-corrected chi connectivity index (χ3v) is 14.0. The molecule has 0 spiro atoms. The SMILES string of the molecule is CCCCC/C=C/C/C=C/C/C=C/C/C=C/CCCC(=O)OC[C@H](CO[C@H]1O[C@@H](CO[C@H]2O[C@@H](CO)[C@@H](O)C(O)C2O)[C@@H](O)C(O)C1O)OC(=O)CCC/C=C/CCCCCCCCCCCCCCCCCCCC. The second-order valence-corrected chi connectivity index (χ2v) is 20.8. The van der Waals surface area contributed by atoms with Gasteiger partial charge in [0.05, 0.1) is 19.8 Å². The van der Waals surface area contributed by atoms with Gasteiger partial charge in [0.15, 0.2) is 18.7 Å². The molecule has 0 aromatic carbocycles. The van der Waals surface area contributed by atoms with Crippen molar-refractivity contribution in [2.45, 2.75) is 287 Å². The zero-order chi connectivity index (χ0) is 55.3. The number of unbranched alkanes of at least 4 members (excludes halogenated alkanes) is 23. The monoisotopic (exact) mass is 1080 g/mol. The van der Waals surface area contributed by atoms with Gasteiger partial charge in [0.2, 0.25) is 0 Å². The second kappa shape index (κ2) is 47.1. The Kier molecular flexibility index (Phi) is 42.9. The molecule has 11 atom stereocenters. The summed E-state index contributed by atoms with van der Waals surface area (Å²) >= 11 is 0. The van der Waals surface area contributed by atoms with E-state index in [1.165, 1.54) is 128 Å². The van der Waals surface area contributed by atoms with Gasteiger partial charge in [-0.25, -0.2) is 0 Å². The molecule has 76 heavy (non-hydrogen) atoms. The molecule has 0 bridgehead atoms. The number of aliphatic hydroxyl groups excluding tert-OH is 7. The molecule has 2 heterocycles. The van der Waals surface area contributed by atoms with Crippen LogP contribution < -0.4 is 0 Å². The van der Waals surface area contributed by atoms with Gasteiger partial charge in [-0.2, -0.15) is 0 Å². The highest BCUT2D eigenvalue weighted by molar-refractivity contribution is 5.70. The highest BCUT2D eigenvalue weighted by Gasteiger charge is 2.47. The molecule has 2 saturated heterocycles. The van der Waals surface area contributed by atoms with E-state index >= 15 is 0 Å². The first kappa shape index (κ1) is 69.3. The third kappa shape index (κ3) is 33.6. The molecule has 0 aliphatic carbocycles. The summed E-state index contributed by atoms with van der Waals surface area (Å²) in [5, 5.41) is 72.3. The zero-order valence-corrected chi connectivity index (χ0v) is 47.0. The van der Waals surface area contributed by atoms with Crippen LogP contribution in [0.4, 0.5) is 0 Å². The molecule has 4 unspecified atom stereocenters. The smallest absolute Gasteiger partial charge is 0.306 e. The van der Waals surface area contributed by atoms with E-state index in [1.807, 2.05) is 6.08 Å². The minimum atomic E-state index is -1.78. The van der Waals surface area contributed by atoms with Crippen LogP contribution in [0, 0.1) is 0 Å². The number of ether oxygens (including phenoxy) is 6. The fourth-order valence-corrected chi connectivity index (χ4v) is 9.10. The van der Waals surface area contributed by atoms with Crippen molar-refractivity contribution in [2.75, 3.05) is 26.4 Å². The molecule has 440 valence electrons. The van der Waals surface area contributed by atoms with Crippen LogP contribution in [0.5, 0.6) is 0 Å². The van der Waals surface area contributed by atoms with Crippen molar-refractivity contribution in [3.8, 4) is 0 Å². The van der Waals surface area contributed by atoms with Gasteiger partial charge < -0.3 is 64.2 Å². The van der Waals surface area contributed by atoms with Crippen molar-refractivity contribution in [2.24, 2.45) is 0 Å². The summed E-state index contributed by atoms with van der Waals surface area (Å²) < 4.78 is 33.6. The Balaban J connectivity index is 1.77. The fourth-order valence-electron chi connectivity index (χ4n) is 9.10. The first-order chi connectivity index (χ1) is 37.0. The summed E-state index contributed by atoms with van der Waals surface area (Å²) in [6.07, 6.45) is 39.8. The van der Waals surface area contributed by atoms with Gasteiger partial charge in [-0.1, -0.05) is 197 Å². The summed E-state index contributed by atoms with van der Waals surface area (Å²) in [7, 11) is 0. The Labute approximate surface area is 458 Å². The molecule has 2 aliphatic rings. The van der Waals surface area contributed by atoms with Crippen LogP contribution >= 0.6 is 0 Å². The van der Waals surface area contributed by atoms with Gasteiger partial charge in [-0.05, 0) is 70.6 Å². The van der Waals surface area contributed by atoms with Crippen LogP contribution in [0.25, 0.3) is 0 Å². The molecular formula is C61H106O15. The van der Waals surface area contributed by atoms with E-state index in [2.05, 4.69) is 68.5 Å². The molecule has 7 N–H and O–H groups in total. The van der Waals surface area contributed by atoms with Crippen molar-refractivity contribution >= 4 is 11.9 Å². The van der Waals surface area contributed by atoms with Gasteiger partial charge in [0, 0.05) is 12.8 Å². The van der Waals surface area contributed by atoms with Gasteiger partial charge in [0.25, 0.3) is 0 Å². The molecule has 2 aliphatic heterocycles. The summed E-state index contributed by atoms with van der Waals surface area (Å²) in [6, 6.07) is 0. The van der Waals surface area contributed by atoms with Crippen LogP contribution in [0.15, 0.2) is 60.8 Å². The maximum Gasteiger partial charge on any atom is 0.306 e. The van der Waals surface area contributed by atoms with Crippen LogP contribution in [0.2, 0.25) is 0 Å². The van der Waals surface area contributed by atoms with E-state index in [-0.39, 0.29) is 19.4 Å². The number of hydrogen-bond acceptors (Lipinski definition) is 15. The molecule has 2 rings (SSSR count). The molecule has 2 fully saturated rings. The van der Waals surface area contributed by atoms with E-state index in [9.17, 15) is 45.3 Å². The summed E-state index contributed by atoms with van der Waals surface area (Å²) in [5.41, 5.74) is 0. The molecule has 0 amide bonds. The Morgan fingerprint density at radius 1 is 0.421 bits per heavy atom. The Bertz CT molecular complexity index is 1550. The lowest BCUT2D eigenvalue weighted by atomic mass is 9.98. The van der Waals surface area contributed by atoms with Crippen molar-refractivity contribution in [3.63, 3.8) is 0 Å². The van der Waals surface area contributed by atoms with E-state index in [4.69, 9.17) is 28.4 Å². The minimum absolute atomic E-state index is 0.105. The van der Waals surface area contributed by atoms with Crippen molar-refractivity contribution in [3.05, 3.63) is 60.8 Å². The minimum Gasteiger partial charge on any atom is -0.462 e. The number of allylic oxidation sites excluding steroid dienone is 10. The molecule has 15 nitrogen and oxygen atoms in total. The zero-order valence-electron chi connectivity index (χ0n) is 47.0. The van der Waals surface area contributed by atoms with E-state index in [0.29, 0.717) is 25.7 Å². The number of aliphatic hydroxyl groups is 7. The summed E-state index contributed by atoms with van der Waals surface area (Å²) in [5.74, 6) is -1.02. The lowest BCUT2D eigenvalue weighted by molar-refractivity contribution is -0.332. The lowest BCUT2D eigenvalue weighted by Crippen LogP contribution is -2.61. The Hall–Kier alpha value is -2.80. The molecule has 0 aromatic rings. The molecule has 15 heteroatoms. The third-order valence-electron chi connectivity index (χ3n) is 14.0.